The minimum absolute atomic E-state index is 0.00201. The number of aliphatic hydroxyl groups excluding tert-OH is 1. The van der Waals surface area contributed by atoms with E-state index in [9.17, 15) is 34.5 Å². The van der Waals surface area contributed by atoms with Gasteiger partial charge in [-0.1, -0.05) is 0 Å². The predicted octanol–water partition coefficient (Wildman–Crippen LogP) is 6.43. The molecule has 47 heavy (non-hydrogen) atoms. The number of carbonyl (C=O) groups excluding carboxylic acids is 1. The summed E-state index contributed by atoms with van der Waals surface area (Å²) in [6.45, 7) is -0.142. The Morgan fingerprint density at radius 1 is 0.723 bits per heavy atom. The lowest BCUT2D eigenvalue weighted by molar-refractivity contribution is -0.387. The fourth-order valence-electron chi connectivity index (χ4n) is 4.63. The number of hydrogen-bond acceptors (Lipinski definition) is 11. The molecule has 0 aromatic heterocycles. The molecule has 0 aliphatic carbocycles. The Hall–Kier alpha value is -5.67. The normalized spacial score (nSPS) is 11.4. The van der Waals surface area contributed by atoms with Crippen molar-refractivity contribution in [2.75, 3.05) is 34.5 Å². The highest BCUT2D eigenvalue weighted by Crippen LogP contribution is 2.37. The van der Waals surface area contributed by atoms with E-state index in [1.165, 1.54) is 51.7 Å². The molecule has 1 N–H and O–H groups in total. The summed E-state index contributed by atoms with van der Waals surface area (Å²) in [6.07, 6.45) is -1.38. The van der Waals surface area contributed by atoms with E-state index < -0.39 is 39.1 Å². The van der Waals surface area contributed by atoms with Crippen molar-refractivity contribution in [2.24, 2.45) is 0 Å². The van der Waals surface area contributed by atoms with Crippen LogP contribution < -0.4 is 18.9 Å². The van der Waals surface area contributed by atoms with E-state index in [0.29, 0.717) is 23.6 Å². The van der Waals surface area contributed by atoms with Gasteiger partial charge in [0.05, 0.1) is 67.6 Å². The molecular formula is C32H28F2N2O11. The van der Waals surface area contributed by atoms with Crippen molar-refractivity contribution in [1.82, 2.24) is 0 Å². The SMILES string of the molecule is COc1cc(OC)cc(-c2cc(C(O)OCCCOc3cc(OC)cc(-c4cc(C=O)c([N+](=O)[O-])cc4F)c3)c([N+](=O)[O-])cc2F)c1. The van der Waals surface area contributed by atoms with Gasteiger partial charge in [0.2, 0.25) is 0 Å². The molecule has 13 nitrogen and oxygen atoms in total. The zero-order valence-corrected chi connectivity index (χ0v) is 25.2. The lowest BCUT2D eigenvalue weighted by Crippen LogP contribution is -2.10. The number of nitro groups is 2. The molecule has 4 aromatic carbocycles. The van der Waals surface area contributed by atoms with Crippen LogP contribution in [-0.4, -0.2) is 55.8 Å². The molecule has 0 fully saturated rings. The van der Waals surface area contributed by atoms with Gasteiger partial charge >= 0.3 is 0 Å². The predicted molar refractivity (Wildman–Crippen MR) is 163 cm³/mol. The van der Waals surface area contributed by atoms with Crippen molar-refractivity contribution >= 4 is 17.7 Å². The maximum Gasteiger partial charge on any atom is 0.282 e. The Labute approximate surface area is 266 Å². The summed E-state index contributed by atoms with van der Waals surface area (Å²) < 4.78 is 56.7. The highest BCUT2D eigenvalue weighted by molar-refractivity contribution is 5.85. The Bertz CT molecular complexity index is 1790. The van der Waals surface area contributed by atoms with E-state index in [1.807, 2.05) is 0 Å². The summed E-state index contributed by atoms with van der Waals surface area (Å²) in [7, 11) is 4.19. The smallest absolute Gasteiger partial charge is 0.282 e. The standard InChI is InChI=1S/C32H28F2N2O11/c1-43-21-7-18(8-22(12-21)44-2)26-14-27(31(36(41)42)16-29(26)34)32(38)47-6-4-5-46-24-10-19(9-23(13-24)45-3)25-11-20(17-37)30(35(39)40)15-28(25)33/h7-17,32,38H,4-6H2,1-3H3. The highest BCUT2D eigenvalue weighted by atomic mass is 19.1. The summed E-state index contributed by atoms with van der Waals surface area (Å²) in [5, 5.41) is 33.6. The van der Waals surface area contributed by atoms with Crippen molar-refractivity contribution in [1.29, 1.82) is 0 Å². The summed E-state index contributed by atoms with van der Waals surface area (Å²) in [6, 6.07) is 12.5. The lowest BCUT2D eigenvalue weighted by Gasteiger charge is -2.16. The Balaban J connectivity index is 1.48. The number of halogens is 2. The molecule has 246 valence electrons. The number of aldehydes is 1. The third-order valence-corrected chi connectivity index (χ3v) is 6.94. The van der Waals surface area contributed by atoms with Crippen LogP contribution in [0.25, 0.3) is 22.3 Å². The van der Waals surface area contributed by atoms with E-state index in [0.717, 1.165) is 12.1 Å². The number of nitrogens with zero attached hydrogens (tertiary/aromatic N) is 2. The van der Waals surface area contributed by atoms with Crippen molar-refractivity contribution in [3.8, 4) is 45.3 Å². The van der Waals surface area contributed by atoms with Crippen LogP contribution in [0, 0.1) is 31.9 Å². The van der Waals surface area contributed by atoms with E-state index in [-0.39, 0.29) is 70.8 Å². The first-order valence-corrected chi connectivity index (χ1v) is 13.8. The summed E-state index contributed by atoms with van der Waals surface area (Å²) in [4.78, 5) is 32.5. The van der Waals surface area contributed by atoms with Gasteiger partial charge in [-0.3, -0.25) is 25.0 Å². The van der Waals surface area contributed by atoms with Gasteiger partial charge in [0.15, 0.2) is 12.6 Å². The first kappa shape index (κ1) is 34.2. The lowest BCUT2D eigenvalue weighted by atomic mass is 10.00. The third-order valence-electron chi connectivity index (χ3n) is 6.94. The van der Waals surface area contributed by atoms with Crippen LogP contribution in [0.1, 0.15) is 28.6 Å². The summed E-state index contributed by atoms with van der Waals surface area (Å²) in [5.74, 6) is -0.664. The third kappa shape index (κ3) is 7.95. The minimum atomic E-state index is -1.80. The van der Waals surface area contributed by atoms with Crippen LogP contribution in [-0.2, 0) is 4.74 Å². The van der Waals surface area contributed by atoms with Gasteiger partial charge in [0, 0.05) is 29.7 Å². The first-order chi connectivity index (χ1) is 22.5. The molecule has 0 aliphatic heterocycles. The molecule has 0 radical (unpaired) electrons. The molecule has 1 unspecified atom stereocenters. The van der Waals surface area contributed by atoms with Gasteiger partial charge in [0.25, 0.3) is 11.4 Å². The van der Waals surface area contributed by atoms with Crippen LogP contribution in [0.2, 0.25) is 0 Å². The second-order valence-electron chi connectivity index (χ2n) is 9.84. The number of hydrogen-bond donors (Lipinski definition) is 1. The molecule has 0 saturated carbocycles. The number of carbonyl (C=O) groups is 1. The number of benzene rings is 4. The quantitative estimate of drug-likeness (QED) is 0.0493. The van der Waals surface area contributed by atoms with Crippen molar-refractivity contribution in [3.05, 3.63) is 104 Å². The average molecular weight is 655 g/mol. The number of nitro benzene ring substituents is 2. The highest BCUT2D eigenvalue weighted by Gasteiger charge is 2.26. The molecule has 4 aromatic rings. The van der Waals surface area contributed by atoms with E-state index in [2.05, 4.69) is 0 Å². The molecule has 0 heterocycles. The van der Waals surface area contributed by atoms with Gasteiger partial charge in [-0.25, -0.2) is 8.78 Å². The van der Waals surface area contributed by atoms with Gasteiger partial charge in [-0.15, -0.1) is 0 Å². The maximum atomic E-state index is 15.0. The maximum absolute atomic E-state index is 15.0. The number of methoxy groups -OCH3 is 3. The van der Waals surface area contributed by atoms with Gasteiger partial charge < -0.3 is 28.8 Å². The summed E-state index contributed by atoms with van der Waals surface area (Å²) in [5.41, 5.74) is -1.63. The topological polar surface area (TPSA) is 170 Å². The van der Waals surface area contributed by atoms with Crippen LogP contribution in [0.3, 0.4) is 0 Å². The monoisotopic (exact) mass is 654 g/mol. The average Bonchev–Trinajstić information content (AvgIpc) is 3.06. The Morgan fingerprint density at radius 3 is 1.72 bits per heavy atom. The Kier molecular flexibility index (Phi) is 11.0. The van der Waals surface area contributed by atoms with Gasteiger partial charge in [-0.2, -0.15) is 0 Å². The van der Waals surface area contributed by atoms with Gasteiger partial charge in [-0.05, 0) is 47.5 Å². The largest absolute Gasteiger partial charge is 0.497 e. The van der Waals surface area contributed by atoms with Crippen molar-refractivity contribution in [3.63, 3.8) is 0 Å². The molecule has 4 rings (SSSR count). The van der Waals surface area contributed by atoms with Crippen molar-refractivity contribution in [2.45, 2.75) is 12.7 Å². The van der Waals surface area contributed by atoms with Crippen LogP contribution in [0.4, 0.5) is 20.2 Å². The van der Waals surface area contributed by atoms with Crippen LogP contribution >= 0.6 is 0 Å². The van der Waals surface area contributed by atoms with E-state index >= 15 is 4.39 Å². The first-order valence-electron chi connectivity index (χ1n) is 13.8. The molecule has 1 atom stereocenters. The molecule has 0 saturated heterocycles. The minimum Gasteiger partial charge on any atom is -0.497 e. The second kappa shape index (κ2) is 15.1. The molecule has 0 spiro atoms. The van der Waals surface area contributed by atoms with Crippen molar-refractivity contribution < 1.29 is 52.2 Å². The summed E-state index contributed by atoms with van der Waals surface area (Å²) >= 11 is 0. The molecule has 0 aliphatic rings. The molecule has 15 heteroatoms. The number of aliphatic hydroxyl groups is 1. The Morgan fingerprint density at radius 2 is 1.21 bits per heavy atom. The van der Waals surface area contributed by atoms with E-state index in [4.69, 9.17) is 23.7 Å². The molecular weight excluding hydrogens is 626 g/mol. The van der Waals surface area contributed by atoms with Crippen LogP contribution in [0.15, 0.2) is 60.7 Å². The molecule has 0 bridgehead atoms. The van der Waals surface area contributed by atoms with E-state index in [1.54, 1.807) is 6.07 Å². The second-order valence-corrected chi connectivity index (χ2v) is 9.84. The van der Waals surface area contributed by atoms with Crippen LogP contribution in [0.5, 0.6) is 23.0 Å². The fraction of sp³-hybridized carbons (Fsp3) is 0.219. The zero-order chi connectivity index (χ0) is 34.2. The fourth-order valence-corrected chi connectivity index (χ4v) is 4.63. The number of rotatable bonds is 15. The number of ether oxygens (including phenoxy) is 5. The van der Waals surface area contributed by atoms with Gasteiger partial charge in [0.1, 0.15) is 34.6 Å². The zero-order valence-electron chi connectivity index (χ0n) is 25.2. The molecule has 0 amide bonds.